The van der Waals surface area contributed by atoms with Crippen molar-refractivity contribution in [1.29, 1.82) is 0 Å². The zero-order chi connectivity index (χ0) is 21.6. The fraction of sp³-hybridized carbons (Fsp3) is 0.545. The van der Waals surface area contributed by atoms with Crippen molar-refractivity contribution in [3.05, 3.63) is 6.33 Å². The Kier molecular flexibility index (Phi) is 6.66. The molecule has 1 unspecified atom stereocenters. The van der Waals surface area contributed by atoms with Crippen LogP contribution < -0.4 is 5.73 Å². The van der Waals surface area contributed by atoms with Crippen molar-refractivity contribution in [3.63, 3.8) is 0 Å². The van der Waals surface area contributed by atoms with Crippen molar-refractivity contribution in [2.24, 2.45) is 0 Å². The summed E-state index contributed by atoms with van der Waals surface area (Å²) >= 11 is 5.34. The number of imidazole rings is 1. The lowest BCUT2D eigenvalue weighted by atomic mass is 10.1. The van der Waals surface area contributed by atoms with Crippen LogP contribution in [0, 0.1) is 0 Å². The lowest BCUT2D eigenvalue weighted by Gasteiger charge is -2.18. The van der Waals surface area contributed by atoms with Crippen molar-refractivity contribution in [3.8, 4) is 0 Å². The van der Waals surface area contributed by atoms with Gasteiger partial charge < -0.3 is 35.4 Å². The molecule has 162 valence electrons. The molecule has 2 aromatic rings. The number of thioether (sulfide) groups is 1. The van der Waals surface area contributed by atoms with E-state index in [-0.39, 0.29) is 17.0 Å². The van der Waals surface area contributed by atoms with E-state index in [2.05, 4.69) is 35.6 Å². The number of fused-ring (bicyclic) bond motifs is 1. The fourth-order valence-corrected chi connectivity index (χ4v) is 5.34. The highest BCUT2D eigenvalue weighted by Gasteiger charge is 2.45. The molecule has 29 heavy (non-hydrogen) atoms. The highest BCUT2D eigenvalue weighted by Crippen LogP contribution is 2.58. The predicted octanol–water partition coefficient (Wildman–Crippen LogP) is -0.908. The topological polar surface area (TPSA) is 216 Å². The molecule has 3 heterocycles. The number of aromatic nitrogens is 4. The van der Waals surface area contributed by atoms with Gasteiger partial charge in [-0.3, -0.25) is 9.09 Å². The molecule has 1 fully saturated rings. The molecule has 0 spiro atoms. The molecule has 2 aromatic heterocycles. The lowest BCUT2D eigenvalue weighted by Crippen LogP contribution is -2.33. The van der Waals surface area contributed by atoms with E-state index in [1.54, 1.807) is 6.26 Å². The molecule has 1 saturated heterocycles. The largest absolute Gasteiger partial charge is 0.479 e. The first-order chi connectivity index (χ1) is 13.4. The van der Waals surface area contributed by atoms with Gasteiger partial charge in [-0.05, 0) is 18.1 Å². The number of rotatable bonds is 7. The zero-order valence-electron chi connectivity index (χ0n) is 14.5. The minimum atomic E-state index is -4.94. The van der Waals surface area contributed by atoms with Crippen LogP contribution in [0.15, 0.2) is 11.5 Å². The Balaban J connectivity index is 1.80. The summed E-state index contributed by atoms with van der Waals surface area (Å²) in [6.07, 6.45) is -2.42. The number of nitrogens with two attached hydrogens (primary N) is 1. The smallest absolute Gasteiger partial charge is 0.387 e. The summed E-state index contributed by atoms with van der Waals surface area (Å²) in [5.74, 6) is 0.119. The lowest BCUT2D eigenvalue weighted by molar-refractivity contribution is -0.0502. The number of anilines is 1. The van der Waals surface area contributed by atoms with Gasteiger partial charge in [-0.2, -0.15) is 0 Å². The molecule has 5 atom stereocenters. The van der Waals surface area contributed by atoms with E-state index in [0.29, 0.717) is 5.16 Å². The van der Waals surface area contributed by atoms with E-state index in [4.69, 9.17) is 20.3 Å². The zero-order valence-corrected chi connectivity index (χ0v) is 18.0. The predicted molar refractivity (Wildman–Crippen MR) is 103 cm³/mol. The van der Waals surface area contributed by atoms with Gasteiger partial charge in [0.25, 0.3) is 0 Å². The molecule has 0 radical (unpaired) electrons. The molecule has 1 aliphatic heterocycles. The average molecular weight is 489 g/mol. The first kappa shape index (κ1) is 22.9. The second kappa shape index (κ2) is 8.42. The fourth-order valence-electron chi connectivity index (χ4n) is 2.62. The number of hydrogen-bond acceptors (Lipinski definition) is 12. The molecule has 1 aliphatic rings. The minimum absolute atomic E-state index is 0.119. The van der Waals surface area contributed by atoms with Crippen LogP contribution in [0.2, 0.25) is 0 Å². The van der Waals surface area contributed by atoms with E-state index in [9.17, 15) is 19.7 Å². The molecule has 3 rings (SSSR count). The third kappa shape index (κ3) is 5.12. The third-order valence-electron chi connectivity index (χ3n) is 3.83. The van der Waals surface area contributed by atoms with Crippen LogP contribution >= 0.6 is 26.3 Å². The summed E-state index contributed by atoms with van der Waals surface area (Å²) in [6, 6.07) is 0. The molecule has 0 aliphatic carbocycles. The minimum Gasteiger partial charge on any atom is -0.387 e. The number of phosphoric acid groups is 1. The van der Waals surface area contributed by atoms with Gasteiger partial charge in [0.1, 0.15) is 23.8 Å². The number of aliphatic hydroxyl groups is 2. The summed E-state index contributed by atoms with van der Waals surface area (Å²) in [6.45, 7) is -5.19. The quantitative estimate of drug-likeness (QED) is 0.158. The monoisotopic (exact) mass is 489 g/mol. The molecule has 14 nitrogen and oxygen atoms in total. The maximum absolute atomic E-state index is 11.7. The van der Waals surface area contributed by atoms with E-state index >= 15 is 0 Å². The number of nitrogen functional groups attached to an aromatic ring is 1. The van der Waals surface area contributed by atoms with Crippen molar-refractivity contribution >= 4 is 55.1 Å². The number of hydrogen-bond donors (Lipinski definition) is 6. The Hall–Kier alpha value is -0.740. The Morgan fingerprint density at radius 2 is 2.03 bits per heavy atom. The molecular formula is C11H17N5O9P2S2. The number of nitrogens with zero attached hydrogens (tertiary/aromatic N) is 4. The highest BCUT2D eigenvalue weighted by molar-refractivity contribution is 8.08. The van der Waals surface area contributed by atoms with Crippen molar-refractivity contribution < 1.29 is 43.0 Å². The van der Waals surface area contributed by atoms with Gasteiger partial charge in [-0.15, -0.1) is 0 Å². The SMILES string of the molecule is CSc1nc(N)c2ncn([C@@H]3O[C@H](COP(=O)(O)OP(O)(O)=S)[C@@H](O)[C@H]3O)c2n1. The summed E-state index contributed by atoms with van der Waals surface area (Å²) in [4.78, 5) is 39.8. The Morgan fingerprint density at radius 1 is 1.34 bits per heavy atom. The van der Waals surface area contributed by atoms with Crippen LogP contribution in [0.3, 0.4) is 0 Å². The number of ether oxygens (including phenoxy) is 1. The maximum Gasteiger partial charge on any atom is 0.479 e. The van der Waals surface area contributed by atoms with Crippen LogP contribution in [0.4, 0.5) is 5.82 Å². The molecule has 0 saturated carbocycles. The van der Waals surface area contributed by atoms with Gasteiger partial charge in [0.15, 0.2) is 22.8 Å². The molecule has 0 amide bonds. The second-order valence-electron chi connectivity index (χ2n) is 5.80. The van der Waals surface area contributed by atoms with Gasteiger partial charge in [-0.25, -0.2) is 23.8 Å². The van der Waals surface area contributed by atoms with Crippen molar-refractivity contribution in [1.82, 2.24) is 19.5 Å². The van der Waals surface area contributed by atoms with Crippen LogP contribution in [0.1, 0.15) is 6.23 Å². The molecule has 18 heteroatoms. The van der Waals surface area contributed by atoms with Crippen LogP contribution in [0.5, 0.6) is 0 Å². The van der Waals surface area contributed by atoms with Crippen molar-refractivity contribution in [2.75, 3.05) is 18.6 Å². The molecule has 7 N–H and O–H groups in total. The van der Waals surface area contributed by atoms with Crippen LogP contribution in [-0.4, -0.2) is 75.6 Å². The second-order valence-corrected chi connectivity index (χ2v) is 10.8. The van der Waals surface area contributed by atoms with Crippen LogP contribution in [0.25, 0.3) is 11.2 Å². The van der Waals surface area contributed by atoms with E-state index in [1.165, 1.54) is 22.7 Å². The highest BCUT2D eigenvalue weighted by atomic mass is 32.5. The Morgan fingerprint density at radius 3 is 2.66 bits per heavy atom. The maximum atomic E-state index is 11.7. The number of aliphatic hydroxyl groups excluding tert-OH is 2. The Labute approximate surface area is 172 Å². The van der Waals surface area contributed by atoms with E-state index in [1.807, 2.05) is 0 Å². The summed E-state index contributed by atoms with van der Waals surface area (Å²) in [5.41, 5.74) is 6.36. The van der Waals surface area contributed by atoms with Crippen molar-refractivity contribution in [2.45, 2.75) is 29.7 Å². The summed E-state index contributed by atoms with van der Waals surface area (Å²) in [7, 11) is -4.94. The average Bonchev–Trinajstić information content (AvgIpc) is 3.13. The van der Waals surface area contributed by atoms with Gasteiger partial charge in [0.05, 0.1) is 12.9 Å². The Bertz CT molecular complexity index is 1000. The molecule has 0 aromatic carbocycles. The summed E-state index contributed by atoms with van der Waals surface area (Å²) < 4.78 is 27.1. The van der Waals surface area contributed by atoms with Crippen LogP contribution in [-0.2, 0) is 29.9 Å². The van der Waals surface area contributed by atoms with E-state index in [0.717, 1.165) is 0 Å². The third-order valence-corrected chi connectivity index (χ3v) is 7.13. The van der Waals surface area contributed by atoms with Gasteiger partial charge >= 0.3 is 14.5 Å². The standard InChI is InChI=1S/C11H17N5O9P2S2/c1-29-11-14-8(12)5-9(15-11)16(3-13-5)10-7(18)6(17)4(24-10)2-23-26(19,20)25-27(21,22)28/h3-4,6-7,10,17-18H,2H2,1H3,(H,19,20)(H2,12,14,15)(H2,21,22,28)/t4-,6-,7-,10-/m1/s1. The van der Waals surface area contributed by atoms with Gasteiger partial charge in [0.2, 0.25) is 0 Å². The molecular weight excluding hydrogens is 472 g/mol. The first-order valence-corrected chi connectivity index (χ1v) is 13.1. The normalized spacial score (nSPS) is 27.4. The first-order valence-electron chi connectivity index (χ1n) is 7.71. The van der Waals surface area contributed by atoms with E-state index < -0.39 is 45.7 Å². The summed E-state index contributed by atoms with van der Waals surface area (Å²) in [5, 5.41) is 20.9. The van der Waals surface area contributed by atoms with Gasteiger partial charge in [0, 0.05) is 0 Å². The van der Waals surface area contributed by atoms with Gasteiger partial charge in [-0.1, -0.05) is 11.8 Å². The number of phosphoric ester groups is 1. The molecule has 0 bridgehead atoms.